The Bertz CT molecular complexity index is 348. The van der Waals surface area contributed by atoms with Gasteiger partial charge >= 0.3 is 0 Å². The lowest BCUT2D eigenvalue weighted by atomic mass is 9.99. The molecule has 1 aromatic rings. The summed E-state index contributed by atoms with van der Waals surface area (Å²) in [6, 6.07) is 0. The standard InChI is InChI=1S/C14H24N2/c1-4-12(5-2)10-16-11(3)15-13-8-6-7-9-14(13)16/h12H,4-10H2,1-3H3. The van der Waals surface area contributed by atoms with Crippen LogP contribution in [0.2, 0.25) is 0 Å². The fraction of sp³-hybridized carbons (Fsp3) is 0.786. The lowest BCUT2D eigenvalue weighted by Crippen LogP contribution is -2.15. The summed E-state index contributed by atoms with van der Waals surface area (Å²) in [6.45, 7) is 7.95. The van der Waals surface area contributed by atoms with Gasteiger partial charge in [0.1, 0.15) is 5.82 Å². The molecular formula is C14H24N2. The predicted octanol–water partition coefficient (Wildman–Crippen LogP) is 3.51. The average Bonchev–Trinajstić information content (AvgIpc) is 2.62. The first kappa shape index (κ1) is 11.7. The fourth-order valence-electron chi connectivity index (χ4n) is 2.78. The number of fused-ring (bicyclic) bond motifs is 1. The fourth-order valence-corrected chi connectivity index (χ4v) is 2.78. The van der Waals surface area contributed by atoms with Gasteiger partial charge in [0.25, 0.3) is 0 Å². The maximum absolute atomic E-state index is 4.74. The molecule has 1 aliphatic rings. The third-order valence-corrected chi connectivity index (χ3v) is 4.02. The number of aryl methyl sites for hydroxylation is 2. The van der Waals surface area contributed by atoms with E-state index in [1.807, 2.05) is 0 Å². The summed E-state index contributed by atoms with van der Waals surface area (Å²) in [5.74, 6) is 2.05. The summed E-state index contributed by atoms with van der Waals surface area (Å²) < 4.78 is 2.49. The van der Waals surface area contributed by atoms with E-state index in [1.54, 1.807) is 0 Å². The Balaban J connectivity index is 2.22. The Kier molecular flexibility index (Phi) is 3.67. The Hall–Kier alpha value is -0.790. The Morgan fingerprint density at radius 1 is 1.19 bits per heavy atom. The van der Waals surface area contributed by atoms with Gasteiger partial charge in [-0.3, -0.25) is 0 Å². The molecular weight excluding hydrogens is 196 g/mol. The molecule has 0 saturated carbocycles. The first-order valence-electron chi connectivity index (χ1n) is 6.81. The molecule has 1 heterocycles. The Morgan fingerprint density at radius 2 is 1.88 bits per heavy atom. The highest BCUT2D eigenvalue weighted by molar-refractivity contribution is 5.19. The van der Waals surface area contributed by atoms with Crippen molar-refractivity contribution in [3.05, 3.63) is 17.2 Å². The molecule has 90 valence electrons. The summed E-state index contributed by atoms with van der Waals surface area (Å²) in [7, 11) is 0. The van der Waals surface area contributed by atoms with Crippen LogP contribution in [0, 0.1) is 12.8 Å². The SMILES string of the molecule is CCC(CC)Cn1c(C)nc2c1CCCC2. The molecule has 2 heteroatoms. The van der Waals surface area contributed by atoms with Crippen molar-refractivity contribution in [2.45, 2.75) is 65.8 Å². The molecule has 0 atom stereocenters. The minimum Gasteiger partial charge on any atom is -0.332 e. The van der Waals surface area contributed by atoms with Gasteiger partial charge < -0.3 is 4.57 Å². The average molecular weight is 220 g/mol. The molecule has 0 bridgehead atoms. The van der Waals surface area contributed by atoms with Crippen molar-refractivity contribution in [2.75, 3.05) is 0 Å². The van der Waals surface area contributed by atoms with E-state index in [2.05, 4.69) is 25.3 Å². The highest BCUT2D eigenvalue weighted by Crippen LogP contribution is 2.24. The molecule has 2 nitrogen and oxygen atoms in total. The number of hydrogen-bond donors (Lipinski definition) is 0. The van der Waals surface area contributed by atoms with Crippen LogP contribution in [0.3, 0.4) is 0 Å². The molecule has 0 aromatic carbocycles. The molecule has 0 amide bonds. The minimum absolute atomic E-state index is 0.818. The van der Waals surface area contributed by atoms with Gasteiger partial charge in [-0.1, -0.05) is 26.7 Å². The minimum atomic E-state index is 0.818. The van der Waals surface area contributed by atoms with E-state index in [9.17, 15) is 0 Å². The van der Waals surface area contributed by atoms with E-state index in [0.717, 1.165) is 5.92 Å². The van der Waals surface area contributed by atoms with E-state index in [0.29, 0.717) is 0 Å². The monoisotopic (exact) mass is 220 g/mol. The highest BCUT2D eigenvalue weighted by Gasteiger charge is 2.19. The number of hydrogen-bond acceptors (Lipinski definition) is 1. The van der Waals surface area contributed by atoms with Gasteiger partial charge in [-0.25, -0.2) is 4.98 Å². The van der Waals surface area contributed by atoms with Gasteiger partial charge in [-0.15, -0.1) is 0 Å². The van der Waals surface area contributed by atoms with Crippen molar-refractivity contribution in [2.24, 2.45) is 5.92 Å². The van der Waals surface area contributed by atoms with Gasteiger partial charge in [0.2, 0.25) is 0 Å². The van der Waals surface area contributed by atoms with Crippen LogP contribution < -0.4 is 0 Å². The van der Waals surface area contributed by atoms with Gasteiger partial charge in [0, 0.05) is 12.2 Å². The second kappa shape index (κ2) is 5.03. The molecule has 0 radical (unpaired) electrons. The summed E-state index contributed by atoms with van der Waals surface area (Å²) in [5, 5.41) is 0. The lowest BCUT2D eigenvalue weighted by molar-refractivity contribution is 0.404. The number of rotatable bonds is 4. The van der Waals surface area contributed by atoms with Crippen LogP contribution in [-0.2, 0) is 19.4 Å². The third kappa shape index (κ3) is 2.16. The Labute approximate surface area is 99.1 Å². The van der Waals surface area contributed by atoms with Gasteiger partial charge in [-0.2, -0.15) is 0 Å². The molecule has 0 saturated heterocycles. The van der Waals surface area contributed by atoms with Crippen LogP contribution in [-0.4, -0.2) is 9.55 Å². The summed E-state index contributed by atoms with van der Waals surface area (Å²) in [6.07, 6.45) is 7.68. The maximum Gasteiger partial charge on any atom is 0.106 e. The molecule has 16 heavy (non-hydrogen) atoms. The zero-order valence-electron chi connectivity index (χ0n) is 10.9. The highest BCUT2D eigenvalue weighted by atomic mass is 15.1. The molecule has 0 spiro atoms. The molecule has 2 rings (SSSR count). The summed E-state index contributed by atoms with van der Waals surface area (Å²) >= 11 is 0. The van der Waals surface area contributed by atoms with Crippen molar-refractivity contribution in [1.29, 1.82) is 0 Å². The number of nitrogens with zero attached hydrogens (tertiary/aromatic N) is 2. The van der Waals surface area contributed by atoms with E-state index >= 15 is 0 Å². The number of imidazole rings is 1. The molecule has 1 aromatic heterocycles. The smallest absolute Gasteiger partial charge is 0.106 e. The molecule has 0 N–H and O–H groups in total. The van der Waals surface area contributed by atoms with Gasteiger partial charge in [0.05, 0.1) is 5.69 Å². The van der Waals surface area contributed by atoms with Gasteiger partial charge in [0.15, 0.2) is 0 Å². The van der Waals surface area contributed by atoms with Crippen LogP contribution in [0.25, 0.3) is 0 Å². The Morgan fingerprint density at radius 3 is 2.56 bits per heavy atom. The topological polar surface area (TPSA) is 17.8 Å². The third-order valence-electron chi connectivity index (χ3n) is 4.02. The van der Waals surface area contributed by atoms with E-state index < -0.39 is 0 Å². The quantitative estimate of drug-likeness (QED) is 0.759. The molecule has 1 aliphatic carbocycles. The van der Waals surface area contributed by atoms with E-state index in [4.69, 9.17) is 4.98 Å². The second-order valence-corrected chi connectivity index (χ2v) is 5.05. The van der Waals surface area contributed by atoms with E-state index in [1.165, 1.54) is 62.3 Å². The van der Waals surface area contributed by atoms with Crippen LogP contribution in [0.15, 0.2) is 0 Å². The van der Waals surface area contributed by atoms with Crippen LogP contribution >= 0.6 is 0 Å². The molecule has 0 unspecified atom stereocenters. The lowest BCUT2D eigenvalue weighted by Gasteiger charge is -2.19. The number of aromatic nitrogens is 2. The zero-order valence-corrected chi connectivity index (χ0v) is 10.9. The van der Waals surface area contributed by atoms with Crippen molar-refractivity contribution >= 4 is 0 Å². The van der Waals surface area contributed by atoms with Crippen molar-refractivity contribution in [1.82, 2.24) is 9.55 Å². The molecule has 0 fully saturated rings. The van der Waals surface area contributed by atoms with Crippen LogP contribution in [0.5, 0.6) is 0 Å². The van der Waals surface area contributed by atoms with Crippen molar-refractivity contribution < 1.29 is 0 Å². The van der Waals surface area contributed by atoms with Crippen LogP contribution in [0.1, 0.15) is 56.7 Å². The normalized spacial score (nSPS) is 15.5. The van der Waals surface area contributed by atoms with Crippen LogP contribution in [0.4, 0.5) is 0 Å². The largest absolute Gasteiger partial charge is 0.332 e. The van der Waals surface area contributed by atoms with Gasteiger partial charge in [-0.05, 0) is 38.5 Å². The zero-order chi connectivity index (χ0) is 11.5. The summed E-state index contributed by atoms with van der Waals surface area (Å²) in [4.78, 5) is 4.74. The second-order valence-electron chi connectivity index (χ2n) is 5.05. The van der Waals surface area contributed by atoms with Crippen molar-refractivity contribution in [3.63, 3.8) is 0 Å². The summed E-state index contributed by atoms with van der Waals surface area (Å²) in [5.41, 5.74) is 2.92. The first-order valence-corrected chi connectivity index (χ1v) is 6.81. The molecule has 0 aliphatic heterocycles. The maximum atomic E-state index is 4.74. The first-order chi connectivity index (χ1) is 7.76. The predicted molar refractivity (Wildman–Crippen MR) is 67.7 cm³/mol. The van der Waals surface area contributed by atoms with E-state index in [-0.39, 0.29) is 0 Å². The van der Waals surface area contributed by atoms with Crippen molar-refractivity contribution in [3.8, 4) is 0 Å².